The highest BCUT2D eigenvalue weighted by Gasteiger charge is 2.23. The molecule has 9 heteroatoms. The number of esters is 1. The summed E-state index contributed by atoms with van der Waals surface area (Å²) < 4.78 is 5.57. The van der Waals surface area contributed by atoms with E-state index in [0.717, 1.165) is 10.0 Å². The molecule has 1 aromatic heterocycles. The molecule has 0 aliphatic heterocycles. The molecule has 2 rings (SSSR count). The number of methoxy groups -OCH3 is 1. The van der Waals surface area contributed by atoms with Crippen molar-refractivity contribution in [3.8, 4) is 11.4 Å². The Labute approximate surface area is 154 Å². The molecule has 0 aliphatic carbocycles. The third-order valence-corrected chi connectivity index (χ3v) is 4.07. The van der Waals surface area contributed by atoms with Gasteiger partial charge < -0.3 is 10.1 Å². The second-order valence-electron chi connectivity index (χ2n) is 5.90. The average molecular weight is 410 g/mol. The van der Waals surface area contributed by atoms with Gasteiger partial charge in [0.2, 0.25) is 11.7 Å². The number of carbonyl (C=O) groups is 2. The molecule has 0 saturated carbocycles. The average Bonchev–Trinajstić information content (AvgIpc) is 3.01. The lowest BCUT2D eigenvalue weighted by Crippen LogP contribution is -2.43. The van der Waals surface area contributed by atoms with Crippen molar-refractivity contribution in [1.82, 2.24) is 25.5 Å². The van der Waals surface area contributed by atoms with Gasteiger partial charge >= 0.3 is 5.97 Å². The Morgan fingerprint density at radius 2 is 2.04 bits per heavy atom. The third kappa shape index (κ3) is 5.35. The van der Waals surface area contributed by atoms with E-state index >= 15 is 0 Å². The lowest BCUT2D eigenvalue weighted by Gasteiger charge is -2.17. The number of nitrogens with one attached hydrogen (secondary N) is 1. The number of aromatic nitrogens is 4. The predicted octanol–water partition coefficient (Wildman–Crippen LogP) is 1.81. The first-order valence-corrected chi connectivity index (χ1v) is 8.60. The zero-order valence-corrected chi connectivity index (χ0v) is 15.9. The first kappa shape index (κ1) is 19.0. The molecule has 0 saturated heterocycles. The summed E-state index contributed by atoms with van der Waals surface area (Å²) in [5, 5.41) is 14.7. The van der Waals surface area contributed by atoms with Gasteiger partial charge in [-0.2, -0.15) is 4.80 Å². The van der Waals surface area contributed by atoms with E-state index in [2.05, 4.69) is 36.7 Å². The van der Waals surface area contributed by atoms with Gasteiger partial charge in [-0.05, 0) is 29.7 Å². The SMILES string of the molecule is COC(=O)[C@@H](CC(C)C)NC(=O)Cn1nnc(-c2ccccc2Br)n1. The van der Waals surface area contributed by atoms with E-state index < -0.39 is 12.0 Å². The number of halogens is 1. The summed E-state index contributed by atoms with van der Waals surface area (Å²) in [6.45, 7) is 3.79. The molecule has 0 radical (unpaired) electrons. The molecular formula is C16H20BrN5O3. The van der Waals surface area contributed by atoms with Crippen LogP contribution in [0, 0.1) is 5.92 Å². The van der Waals surface area contributed by atoms with Gasteiger partial charge in [0, 0.05) is 10.0 Å². The minimum Gasteiger partial charge on any atom is -0.467 e. The number of hydrogen-bond acceptors (Lipinski definition) is 6. The van der Waals surface area contributed by atoms with Crippen molar-refractivity contribution in [2.45, 2.75) is 32.9 Å². The van der Waals surface area contributed by atoms with Crippen LogP contribution < -0.4 is 5.32 Å². The van der Waals surface area contributed by atoms with Crippen LogP contribution >= 0.6 is 15.9 Å². The molecule has 0 aliphatic rings. The van der Waals surface area contributed by atoms with E-state index in [0.29, 0.717) is 12.2 Å². The summed E-state index contributed by atoms with van der Waals surface area (Å²) in [5.41, 5.74) is 0.779. The third-order valence-electron chi connectivity index (χ3n) is 3.38. The van der Waals surface area contributed by atoms with Crippen LogP contribution in [0.3, 0.4) is 0 Å². The molecule has 1 heterocycles. The fourth-order valence-corrected chi connectivity index (χ4v) is 2.72. The summed E-state index contributed by atoms with van der Waals surface area (Å²) in [7, 11) is 1.30. The van der Waals surface area contributed by atoms with E-state index in [1.54, 1.807) is 0 Å². The summed E-state index contributed by atoms with van der Waals surface area (Å²) >= 11 is 3.42. The number of amides is 1. The monoisotopic (exact) mass is 409 g/mol. The fourth-order valence-electron chi connectivity index (χ4n) is 2.26. The summed E-state index contributed by atoms with van der Waals surface area (Å²) in [5.74, 6) is -0.211. The highest BCUT2D eigenvalue weighted by Crippen LogP contribution is 2.24. The van der Waals surface area contributed by atoms with E-state index in [9.17, 15) is 9.59 Å². The van der Waals surface area contributed by atoms with Crippen LogP contribution in [0.15, 0.2) is 28.7 Å². The standard InChI is InChI=1S/C16H20BrN5O3/c1-10(2)8-13(16(24)25-3)18-14(23)9-22-20-15(19-21-22)11-6-4-5-7-12(11)17/h4-7,10,13H,8-9H2,1-3H3,(H,18,23)/t13-/m1/s1. The number of carbonyl (C=O) groups excluding carboxylic acids is 2. The molecule has 134 valence electrons. The summed E-state index contributed by atoms with van der Waals surface area (Å²) in [6.07, 6.45) is 0.491. The van der Waals surface area contributed by atoms with Crippen LogP contribution in [0.25, 0.3) is 11.4 Å². The Bertz CT molecular complexity index is 747. The number of nitrogens with zero attached hydrogens (tertiary/aromatic N) is 4. The Morgan fingerprint density at radius 1 is 1.32 bits per heavy atom. The van der Waals surface area contributed by atoms with Gasteiger partial charge in [-0.1, -0.05) is 41.9 Å². The quantitative estimate of drug-likeness (QED) is 0.699. The molecule has 0 bridgehead atoms. The Morgan fingerprint density at radius 3 is 2.68 bits per heavy atom. The molecule has 1 atom stereocenters. The molecule has 8 nitrogen and oxygen atoms in total. The lowest BCUT2D eigenvalue weighted by atomic mass is 10.0. The first-order valence-electron chi connectivity index (χ1n) is 7.80. The molecular weight excluding hydrogens is 390 g/mol. The van der Waals surface area contributed by atoms with Crippen molar-refractivity contribution in [3.63, 3.8) is 0 Å². The lowest BCUT2D eigenvalue weighted by molar-refractivity contribution is -0.145. The number of rotatable bonds is 7. The molecule has 1 N–H and O–H groups in total. The maximum absolute atomic E-state index is 12.2. The Balaban J connectivity index is 2.03. The van der Waals surface area contributed by atoms with Crippen LogP contribution in [0.2, 0.25) is 0 Å². The smallest absolute Gasteiger partial charge is 0.328 e. The van der Waals surface area contributed by atoms with E-state index in [1.807, 2.05) is 38.1 Å². The maximum Gasteiger partial charge on any atom is 0.328 e. The molecule has 1 aromatic carbocycles. The van der Waals surface area contributed by atoms with Gasteiger partial charge in [0.15, 0.2) is 0 Å². The molecule has 0 fully saturated rings. The van der Waals surface area contributed by atoms with Gasteiger partial charge in [-0.3, -0.25) is 4.79 Å². The van der Waals surface area contributed by atoms with Crippen LogP contribution in [0.1, 0.15) is 20.3 Å². The molecule has 1 amide bonds. The van der Waals surface area contributed by atoms with Gasteiger partial charge in [-0.25, -0.2) is 4.79 Å². The number of tetrazole rings is 1. The summed E-state index contributed by atoms with van der Waals surface area (Å²) in [4.78, 5) is 25.1. The second-order valence-corrected chi connectivity index (χ2v) is 6.75. The van der Waals surface area contributed by atoms with Gasteiger partial charge in [0.1, 0.15) is 12.6 Å². The van der Waals surface area contributed by atoms with Crippen molar-refractivity contribution in [2.24, 2.45) is 5.92 Å². The van der Waals surface area contributed by atoms with Gasteiger partial charge in [0.25, 0.3) is 0 Å². The largest absolute Gasteiger partial charge is 0.467 e. The zero-order valence-electron chi connectivity index (χ0n) is 14.3. The van der Waals surface area contributed by atoms with Crippen molar-refractivity contribution in [2.75, 3.05) is 7.11 Å². The number of hydrogen-bond donors (Lipinski definition) is 1. The molecule has 25 heavy (non-hydrogen) atoms. The minimum absolute atomic E-state index is 0.136. The number of benzene rings is 1. The van der Waals surface area contributed by atoms with Crippen LogP contribution in [-0.4, -0.2) is 45.2 Å². The van der Waals surface area contributed by atoms with Gasteiger partial charge in [0.05, 0.1) is 7.11 Å². The predicted molar refractivity (Wildman–Crippen MR) is 94.4 cm³/mol. The molecule has 2 aromatic rings. The number of ether oxygens (including phenoxy) is 1. The fraction of sp³-hybridized carbons (Fsp3) is 0.438. The van der Waals surface area contributed by atoms with Crippen LogP contribution in [0.4, 0.5) is 0 Å². The summed E-state index contributed by atoms with van der Waals surface area (Å²) in [6, 6.07) is 6.77. The van der Waals surface area contributed by atoms with Crippen LogP contribution in [0.5, 0.6) is 0 Å². The first-order chi connectivity index (χ1) is 11.9. The minimum atomic E-state index is -0.691. The van der Waals surface area contributed by atoms with Crippen LogP contribution in [-0.2, 0) is 20.9 Å². The Hall–Kier alpha value is -2.29. The second kappa shape index (κ2) is 8.70. The van der Waals surface area contributed by atoms with E-state index in [4.69, 9.17) is 4.74 Å². The molecule has 0 spiro atoms. The Kier molecular flexibility index (Phi) is 6.63. The van der Waals surface area contributed by atoms with E-state index in [-0.39, 0.29) is 18.4 Å². The molecule has 0 unspecified atom stereocenters. The van der Waals surface area contributed by atoms with Crippen molar-refractivity contribution in [3.05, 3.63) is 28.7 Å². The zero-order chi connectivity index (χ0) is 18.4. The highest BCUT2D eigenvalue weighted by molar-refractivity contribution is 9.10. The van der Waals surface area contributed by atoms with Crippen molar-refractivity contribution in [1.29, 1.82) is 0 Å². The maximum atomic E-state index is 12.2. The normalized spacial score (nSPS) is 12.0. The van der Waals surface area contributed by atoms with Crippen molar-refractivity contribution < 1.29 is 14.3 Å². The van der Waals surface area contributed by atoms with E-state index in [1.165, 1.54) is 11.9 Å². The van der Waals surface area contributed by atoms with Crippen molar-refractivity contribution >= 4 is 27.8 Å². The topological polar surface area (TPSA) is 99.0 Å². The van der Waals surface area contributed by atoms with Gasteiger partial charge in [-0.15, -0.1) is 10.2 Å². The highest BCUT2D eigenvalue weighted by atomic mass is 79.9.